The van der Waals surface area contributed by atoms with Gasteiger partial charge in [0.1, 0.15) is 11.4 Å². The summed E-state index contributed by atoms with van der Waals surface area (Å²) in [5.74, 6) is -5.52. The zero-order valence-corrected chi connectivity index (χ0v) is 13.0. The van der Waals surface area contributed by atoms with Gasteiger partial charge < -0.3 is 15.3 Å². The molecule has 7 heteroatoms. The summed E-state index contributed by atoms with van der Waals surface area (Å²) >= 11 is 0. The van der Waals surface area contributed by atoms with Crippen molar-refractivity contribution in [2.45, 2.75) is 37.3 Å². The molecule has 2 rings (SSSR count). The molecule has 0 saturated heterocycles. The summed E-state index contributed by atoms with van der Waals surface area (Å²) in [6.45, 7) is 0.913. The van der Waals surface area contributed by atoms with Crippen LogP contribution >= 0.6 is 0 Å². The largest absolute Gasteiger partial charge is 0.383 e. The Balaban J connectivity index is 1.75. The van der Waals surface area contributed by atoms with Crippen LogP contribution in [0.15, 0.2) is 24.3 Å². The summed E-state index contributed by atoms with van der Waals surface area (Å²) in [5, 5.41) is 11.9. The standard InChI is InChI=1S/C16H21F3N2O2/c1-21(11-12-3-5-13(17)6-4-12)10-9-20-14(22)16(18,19)15(23)7-2-8-15/h3-6,23H,2,7-11H2,1H3,(H,20,22). The van der Waals surface area contributed by atoms with Crippen LogP contribution in [0.1, 0.15) is 24.8 Å². The number of likely N-dealkylation sites (N-methyl/N-ethyl adjacent to an activating group) is 1. The lowest BCUT2D eigenvalue weighted by atomic mass is 9.75. The number of hydrogen-bond acceptors (Lipinski definition) is 3. The molecule has 0 aromatic heterocycles. The Hall–Kier alpha value is -1.60. The van der Waals surface area contributed by atoms with Gasteiger partial charge in [0.2, 0.25) is 0 Å². The lowest BCUT2D eigenvalue weighted by Gasteiger charge is -2.41. The van der Waals surface area contributed by atoms with Gasteiger partial charge in [-0.1, -0.05) is 12.1 Å². The zero-order chi connectivity index (χ0) is 17.1. The molecule has 1 saturated carbocycles. The van der Waals surface area contributed by atoms with Crippen molar-refractivity contribution in [1.29, 1.82) is 0 Å². The summed E-state index contributed by atoms with van der Waals surface area (Å²) in [7, 11) is 1.77. The predicted octanol–water partition coefficient (Wildman–Crippen LogP) is 1.92. The van der Waals surface area contributed by atoms with E-state index in [-0.39, 0.29) is 25.2 Å². The molecule has 128 valence electrons. The van der Waals surface area contributed by atoms with Gasteiger partial charge in [-0.15, -0.1) is 0 Å². The molecule has 1 aliphatic rings. The van der Waals surface area contributed by atoms with Crippen LogP contribution in [-0.4, -0.2) is 47.6 Å². The average Bonchev–Trinajstić information content (AvgIpc) is 2.46. The lowest BCUT2D eigenvalue weighted by molar-refractivity contribution is -0.215. The van der Waals surface area contributed by atoms with Crippen LogP contribution in [0.2, 0.25) is 0 Å². The maximum absolute atomic E-state index is 13.8. The van der Waals surface area contributed by atoms with E-state index in [9.17, 15) is 23.1 Å². The Morgan fingerprint density at radius 1 is 1.35 bits per heavy atom. The molecule has 0 spiro atoms. The van der Waals surface area contributed by atoms with Gasteiger partial charge in [0, 0.05) is 19.6 Å². The Morgan fingerprint density at radius 2 is 1.96 bits per heavy atom. The molecule has 0 unspecified atom stereocenters. The van der Waals surface area contributed by atoms with Gasteiger partial charge in [-0.05, 0) is 44.0 Å². The normalized spacial score (nSPS) is 17.0. The minimum atomic E-state index is -3.76. The zero-order valence-electron chi connectivity index (χ0n) is 13.0. The van der Waals surface area contributed by atoms with Crippen LogP contribution in [0.4, 0.5) is 13.2 Å². The van der Waals surface area contributed by atoms with Gasteiger partial charge in [-0.3, -0.25) is 4.79 Å². The summed E-state index contributed by atoms with van der Waals surface area (Å²) in [6, 6.07) is 5.99. The van der Waals surface area contributed by atoms with Crippen molar-refractivity contribution in [2.75, 3.05) is 20.1 Å². The molecule has 23 heavy (non-hydrogen) atoms. The molecule has 0 atom stereocenters. The van der Waals surface area contributed by atoms with Gasteiger partial charge in [-0.25, -0.2) is 4.39 Å². The van der Waals surface area contributed by atoms with E-state index in [0.29, 0.717) is 19.5 Å². The van der Waals surface area contributed by atoms with E-state index in [0.717, 1.165) is 5.56 Å². The number of benzene rings is 1. The average molecular weight is 330 g/mol. The maximum atomic E-state index is 13.8. The first-order chi connectivity index (χ1) is 10.7. The van der Waals surface area contributed by atoms with Gasteiger partial charge in [0.15, 0.2) is 0 Å². The van der Waals surface area contributed by atoms with E-state index >= 15 is 0 Å². The van der Waals surface area contributed by atoms with Gasteiger partial charge in [-0.2, -0.15) is 8.78 Å². The number of nitrogens with zero attached hydrogens (tertiary/aromatic N) is 1. The highest BCUT2D eigenvalue weighted by molar-refractivity contribution is 5.85. The molecular weight excluding hydrogens is 309 g/mol. The van der Waals surface area contributed by atoms with Crippen LogP contribution in [0.3, 0.4) is 0 Å². The van der Waals surface area contributed by atoms with E-state index in [1.54, 1.807) is 19.2 Å². The molecule has 0 bridgehead atoms. The third-order valence-corrected chi connectivity index (χ3v) is 4.20. The summed E-state index contributed by atoms with van der Waals surface area (Å²) < 4.78 is 40.5. The van der Waals surface area contributed by atoms with E-state index in [1.165, 1.54) is 12.1 Å². The molecule has 1 aromatic rings. The van der Waals surface area contributed by atoms with E-state index in [1.807, 2.05) is 4.90 Å². The SMILES string of the molecule is CN(CCNC(=O)C(F)(F)C1(O)CCC1)Cc1ccc(F)cc1. The monoisotopic (exact) mass is 330 g/mol. The summed E-state index contributed by atoms with van der Waals surface area (Å²) in [4.78, 5) is 13.4. The van der Waals surface area contributed by atoms with Gasteiger partial charge in [0.25, 0.3) is 5.91 Å². The Morgan fingerprint density at radius 3 is 2.48 bits per heavy atom. The minimum absolute atomic E-state index is 0.0438. The van der Waals surface area contributed by atoms with Crippen LogP contribution in [0.5, 0.6) is 0 Å². The first kappa shape index (κ1) is 17.7. The third kappa shape index (κ3) is 4.03. The van der Waals surface area contributed by atoms with Crippen LogP contribution in [0, 0.1) is 5.82 Å². The fourth-order valence-corrected chi connectivity index (χ4v) is 2.49. The Bertz CT molecular complexity index is 545. The van der Waals surface area contributed by atoms with Crippen molar-refractivity contribution in [2.24, 2.45) is 0 Å². The van der Waals surface area contributed by atoms with Gasteiger partial charge in [0.05, 0.1) is 0 Å². The van der Waals surface area contributed by atoms with Crippen molar-refractivity contribution < 1.29 is 23.1 Å². The molecule has 1 amide bonds. The second kappa shape index (κ2) is 6.88. The molecule has 2 N–H and O–H groups in total. The highest BCUT2D eigenvalue weighted by Crippen LogP contribution is 2.44. The van der Waals surface area contributed by atoms with Crippen molar-refractivity contribution >= 4 is 5.91 Å². The smallest absolute Gasteiger partial charge is 0.352 e. The predicted molar refractivity (Wildman–Crippen MR) is 79.5 cm³/mol. The first-order valence-electron chi connectivity index (χ1n) is 7.56. The molecule has 1 aromatic carbocycles. The number of amides is 1. The maximum Gasteiger partial charge on any atom is 0.352 e. The van der Waals surface area contributed by atoms with Crippen molar-refractivity contribution in [3.8, 4) is 0 Å². The number of nitrogens with one attached hydrogen (secondary N) is 1. The quantitative estimate of drug-likeness (QED) is 0.803. The molecule has 0 aliphatic heterocycles. The Kier molecular flexibility index (Phi) is 5.31. The molecule has 0 heterocycles. The molecule has 1 aliphatic carbocycles. The summed E-state index contributed by atoms with van der Waals surface area (Å²) in [6.07, 6.45) is 0.384. The molecule has 0 radical (unpaired) electrons. The number of aliphatic hydroxyl groups is 1. The number of hydrogen-bond donors (Lipinski definition) is 2. The van der Waals surface area contributed by atoms with Crippen LogP contribution in [0.25, 0.3) is 0 Å². The molecule has 1 fully saturated rings. The highest BCUT2D eigenvalue weighted by atomic mass is 19.3. The number of rotatable bonds is 7. The number of carbonyl (C=O) groups excluding carboxylic acids is 1. The second-order valence-corrected chi connectivity index (χ2v) is 6.08. The van der Waals surface area contributed by atoms with Crippen molar-refractivity contribution in [1.82, 2.24) is 10.2 Å². The van der Waals surface area contributed by atoms with Crippen molar-refractivity contribution in [3.05, 3.63) is 35.6 Å². The van der Waals surface area contributed by atoms with Crippen molar-refractivity contribution in [3.63, 3.8) is 0 Å². The lowest BCUT2D eigenvalue weighted by Crippen LogP contribution is -2.61. The topological polar surface area (TPSA) is 52.6 Å². The first-order valence-corrected chi connectivity index (χ1v) is 7.56. The number of halogens is 3. The van der Waals surface area contributed by atoms with E-state index in [2.05, 4.69) is 5.32 Å². The van der Waals surface area contributed by atoms with Crippen LogP contribution < -0.4 is 5.32 Å². The number of carbonyl (C=O) groups is 1. The fourth-order valence-electron chi connectivity index (χ4n) is 2.49. The van der Waals surface area contributed by atoms with E-state index in [4.69, 9.17) is 0 Å². The van der Waals surface area contributed by atoms with Gasteiger partial charge >= 0.3 is 5.92 Å². The Labute approximate surface area is 133 Å². The minimum Gasteiger partial charge on any atom is -0.383 e. The fraction of sp³-hybridized carbons (Fsp3) is 0.562. The highest BCUT2D eigenvalue weighted by Gasteiger charge is 2.60. The third-order valence-electron chi connectivity index (χ3n) is 4.20. The summed E-state index contributed by atoms with van der Waals surface area (Å²) in [5.41, 5.74) is -1.31. The molecule has 4 nitrogen and oxygen atoms in total. The molecular formula is C16H21F3N2O2. The second-order valence-electron chi connectivity index (χ2n) is 6.08. The van der Waals surface area contributed by atoms with Crippen LogP contribution in [-0.2, 0) is 11.3 Å². The van der Waals surface area contributed by atoms with E-state index < -0.39 is 17.4 Å². The number of alkyl halides is 2.